The first-order valence-corrected chi connectivity index (χ1v) is 24.1. The lowest BCUT2D eigenvalue weighted by Gasteiger charge is -2.34. The number of carbonyl (C=O) groups is 5. The smallest absolute Gasteiger partial charge is 0.310 e. The lowest BCUT2D eigenvalue weighted by Crippen LogP contribution is -2.57. The zero-order valence-electron chi connectivity index (χ0n) is 41.6. The molecule has 0 unspecified atom stereocenters. The zero-order valence-corrected chi connectivity index (χ0v) is 41.6. The standard InChI is InChI=1S/C54H69N7O7/c1-11-61-45-20-19-38-29-42(45)43(49(61)41-17-13-23-55-47(41)35(4)67-10)30-54(5,6)33-68-53(66)40-22-26-60(32-40)52(65)44(28-36-15-12-16-37(38)27-36)56-50(63)48(34(2)3)58(9)51(64)39-21-25-59(31-39)46(62)18-14-24-57(7)8/h12-13,15-17,19-20,23,27,29,34-35,39-40,44,48H,11,21-22,24-26,28,30-33H2,1-10H3,(H,56,63)/t35-,39-,40-,44-,48-/m0/s1. The lowest BCUT2D eigenvalue weighted by molar-refractivity contribution is -0.151. The summed E-state index contributed by atoms with van der Waals surface area (Å²) in [6.07, 6.45) is 3.24. The molecule has 2 aromatic carbocycles. The minimum absolute atomic E-state index is 0.170. The van der Waals surface area contributed by atoms with Gasteiger partial charge in [-0.15, -0.1) is 0 Å². The van der Waals surface area contributed by atoms with E-state index >= 15 is 0 Å². The fraction of sp³-hybridized carbons (Fsp3) is 0.519. The van der Waals surface area contributed by atoms with Crippen molar-refractivity contribution in [2.24, 2.45) is 23.2 Å². The van der Waals surface area contributed by atoms with Crippen molar-refractivity contribution in [1.82, 2.24) is 34.5 Å². The van der Waals surface area contributed by atoms with Crippen molar-refractivity contribution < 1.29 is 33.4 Å². The molecule has 3 aliphatic heterocycles. The van der Waals surface area contributed by atoms with Crippen LogP contribution in [0.15, 0.2) is 60.8 Å². The molecule has 3 aliphatic rings. The first kappa shape index (κ1) is 49.9. The molecule has 1 N–H and O–H groups in total. The third-order valence-corrected chi connectivity index (χ3v) is 13.8. The summed E-state index contributed by atoms with van der Waals surface area (Å²) < 4.78 is 14.3. The number of fused-ring (bicyclic) bond motifs is 6. The Bertz CT molecular complexity index is 2610. The van der Waals surface area contributed by atoms with Crippen molar-refractivity contribution in [3.63, 3.8) is 0 Å². The van der Waals surface area contributed by atoms with Crippen molar-refractivity contribution in [3.8, 4) is 34.2 Å². The number of esters is 1. The van der Waals surface area contributed by atoms with E-state index in [1.54, 1.807) is 30.2 Å². The first-order chi connectivity index (χ1) is 32.4. The van der Waals surface area contributed by atoms with Crippen LogP contribution >= 0.6 is 0 Å². The summed E-state index contributed by atoms with van der Waals surface area (Å²) in [5, 5.41) is 4.18. The molecule has 0 saturated carbocycles. The summed E-state index contributed by atoms with van der Waals surface area (Å²) in [7, 11) is 7.07. The molecular formula is C54H69N7O7. The number of benzene rings is 2. The van der Waals surface area contributed by atoms with Crippen LogP contribution in [0.3, 0.4) is 0 Å². The Kier molecular flexibility index (Phi) is 15.5. The number of ether oxygens (including phenoxy) is 2. The van der Waals surface area contributed by atoms with Crippen LogP contribution in [0.1, 0.15) is 77.3 Å². The van der Waals surface area contributed by atoms with Gasteiger partial charge < -0.3 is 34.1 Å². The summed E-state index contributed by atoms with van der Waals surface area (Å²) in [4.78, 5) is 81.4. The third kappa shape index (κ3) is 10.8. The molecule has 2 aromatic heterocycles. The van der Waals surface area contributed by atoms with Crippen LogP contribution in [0.25, 0.3) is 33.3 Å². The molecule has 5 atom stereocenters. The number of likely N-dealkylation sites (N-methyl/N-ethyl adjacent to an activating group) is 1. The maximum Gasteiger partial charge on any atom is 0.310 e. The van der Waals surface area contributed by atoms with E-state index in [1.807, 2.05) is 58.0 Å². The highest BCUT2D eigenvalue weighted by atomic mass is 16.5. The highest BCUT2D eigenvalue weighted by molar-refractivity contribution is 5.97. The molecule has 0 radical (unpaired) electrons. The van der Waals surface area contributed by atoms with Crippen molar-refractivity contribution in [2.45, 2.75) is 92.0 Å². The molecular weight excluding hydrogens is 859 g/mol. The van der Waals surface area contributed by atoms with Gasteiger partial charge >= 0.3 is 5.97 Å². The van der Waals surface area contributed by atoms with E-state index in [9.17, 15) is 24.0 Å². The Hall–Kier alpha value is -6.04. The molecule has 0 spiro atoms. The van der Waals surface area contributed by atoms with Crippen LogP contribution in [-0.2, 0) is 52.8 Å². The van der Waals surface area contributed by atoms with E-state index < -0.39 is 35.2 Å². The van der Waals surface area contributed by atoms with Crippen molar-refractivity contribution >= 4 is 40.5 Å². The highest BCUT2D eigenvalue weighted by Gasteiger charge is 2.41. The van der Waals surface area contributed by atoms with Crippen LogP contribution in [0.2, 0.25) is 0 Å². The summed E-state index contributed by atoms with van der Waals surface area (Å²) in [5.74, 6) is 2.58. The lowest BCUT2D eigenvalue weighted by atomic mass is 9.84. The number of hydrogen-bond donors (Lipinski definition) is 1. The molecule has 4 aromatic rings. The fourth-order valence-corrected chi connectivity index (χ4v) is 10.2. The summed E-state index contributed by atoms with van der Waals surface area (Å²) in [5.41, 5.74) is 7.42. The minimum Gasteiger partial charge on any atom is -0.465 e. The van der Waals surface area contributed by atoms with Gasteiger partial charge in [0.25, 0.3) is 5.91 Å². The molecule has 2 saturated heterocycles. The second kappa shape index (κ2) is 21.1. The van der Waals surface area contributed by atoms with E-state index in [0.717, 1.165) is 50.1 Å². The summed E-state index contributed by atoms with van der Waals surface area (Å²) in [6, 6.07) is 16.8. The van der Waals surface area contributed by atoms with Gasteiger partial charge in [0.1, 0.15) is 12.1 Å². The highest BCUT2D eigenvalue weighted by Crippen LogP contribution is 2.42. The number of pyridine rings is 1. The number of nitrogens with zero attached hydrogens (tertiary/aromatic N) is 6. The molecule has 6 bridgehead atoms. The molecule has 14 nitrogen and oxygen atoms in total. The first-order valence-electron chi connectivity index (χ1n) is 24.1. The van der Waals surface area contributed by atoms with Crippen molar-refractivity contribution in [2.75, 3.05) is 67.6 Å². The van der Waals surface area contributed by atoms with Gasteiger partial charge in [0.05, 0.1) is 42.5 Å². The molecule has 68 heavy (non-hydrogen) atoms. The van der Waals surface area contributed by atoms with Crippen molar-refractivity contribution in [3.05, 3.63) is 77.6 Å². The molecule has 5 heterocycles. The quantitative estimate of drug-likeness (QED) is 0.150. The van der Waals surface area contributed by atoms with Gasteiger partial charge in [-0.25, -0.2) is 0 Å². The second-order valence-electron chi connectivity index (χ2n) is 20.2. The molecule has 14 heteroatoms. The van der Waals surface area contributed by atoms with Gasteiger partial charge in [-0.05, 0) is 106 Å². The molecule has 362 valence electrons. The maximum atomic E-state index is 14.7. The maximum absolute atomic E-state index is 14.7. The van der Waals surface area contributed by atoms with E-state index in [-0.39, 0.29) is 61.8 Å². The average Bonchev–Trinajstić information content (AvgIpc) is 4.08. The van der Waals surface area contributed by atoms with Gasteiger partial charge in [-0.3, -0.25) is 33.9 Å². The third-order valence-electron chi connectivity index (χ3n) is 13.8. The molecule has 2 fully saturated rings. The van der Waals surface area contributed by atoms with Gasteiger partial charge in [-0.2, -0.15) is 0 Å². The van der Waals surface area contributed by atoms with Crippen LogP contribution in [0.4, 0.5) is 0 Å². The van der Waals surface area contributed by atoms with E-state index in [4.69, 9.17) is 14.5 Å². The number of amides is 4. The number of nitrogens with one attached hydrogen (secondary N) is 1. The minimum atomic E-state index is -0.992. The Balaban J connectivity index is 1.23. The van der Waals surface area contributed by atoms with Crippen LogP contribution in [-0.4, -0.2) is 138 Å². The monoisotopic (exact) mass is 928 g/mol. The Morgan fingerprint density at radius 2 is 1.75 bits per heavy atom. The summed E-state index contributed by atoms with van der Waals surface area (Å²) >= 11 is 0. The van der Waals surface area contributed by atoms with Crippen LogP contribution in [0.5, 0.6) is 0 Å². The van der Waals surface area contributed by atoms with Gasteiger partial charge in [0, 0.05) is 81.4 Å². The SMILES string of the molecule is CCn1c(-c2cccnc2[C@H](C)OC)c2c3cc(ccc31)-c1cccc(c1)C[C@H](NC(=O)[C@H](C(C)C)N(C)C(=O)[C@H]1CCN(C(=O)C#CCN(C)C)C1)C(=O)N1CC[C@@H](C1)C(=O)OCC(C)(C)C2. The Morgan fingerprint density at radius 3 is 2.47 bits per heavy atom. The Labute approximate surface area is 401 Å². The van der Waals surface area contributed by atoms with Gasteiger partial charge in [0.2, 0.25) is 17.7 Å². The molecule has 0 aliphatic carbocycles. The fourth-order valence-electron chi connectivity index (χ4n) is 10.2. The Morgan fingerprint density at radius 1 is 0.985 bits per heavy atom. The van der Waals surface area contributed by atoms with Gasteiger partial charge in [0.15, 0.2) is 0 Å². The second-order valence-corrected chi connectivity index (χ2v) is 20.2. The van der Waals surface area contributed by atoms with Crippen LogP contribution < -0.4 is 5.32 Å². The number of methoxy groups -OCH3 is 1. The summed E-state index contributed by atoms with van der Waals surface area (Å²) in [6.45, 7) is 14.6. The predicted molar refractivity (Wildman–Crippen MR) is 263 cm³/mol. The molecule has 7 rings (SSSR count). The number of carbonyl (C=O) groups excluding carboxylic acids is 5. The molecule has 4 amide bonds. The van der Waals surface area contributed by atoms with E-state index in [2.05, 4.69) is 78.9 Å². The number of aromatic nitrogens is 2. The van der Waals surface area contributed by atoms with Gasteiger partial charge in [-0.1, -0.05) is 63.9 Å². The van der Waals surface area contributed by atoms with E-state index in [1.165, 1.54) is 4.90 Å². The topological polar surface area (TPSA) is 147 Å². The number of likely N-dealkylation sites (tertiary alicyclic amines) is 1. The average molecular weight is 928 g/mol. The number of rotatable bonds is 10. The largest absolute Gasteiger partial charge is 0.465 e. The number of cyclic esters (lactones) is 1. The number of hydrogen-bond acceptors (Lipinski definition) is 9. The predicted octanol–water partition coefficient (Wildman–Crippen LogP) is 6.00. The normalized spacial score (nSPS) is 20.4. The van der Waals surface area contributed by atoms with Crippen molar-refractivity contribution in [1.29, 1.82) is 0 Å². The zero-order chi connectivity index (χ0) is 49.0. The van der Waals surface area contributed by atoms with E-state index in [0.29, 0.717) is 45.4 Å². The number of aryl methyl sites for hydroxylation is 1. The van der Waals surface area contributed by atoms with Crippen LogP contribution in [0, 0.1) is 35.0 Å².